The number of nitrogens with zero attached hydrogens (tertiary/aromatic N) is 4. The van der Waals surface area contributed by atoms with Crippen molar-refractivity contribution < 1.29 is 23.1 Å². The highest BCUT2D eigenvalue weighted by Gasteiger charge is 2.35. The summed E-state index contributed by atoms with van der Waals surface area (Å²) in [7, 11) is 3.26. The quantitative estimate of drug-likeness (QED) is 0.891. The lowest BCUT2D eigenvalue weighted by atomic mass is 10.0. The smallest absolute Gasteiger partial charge is 0.391 e. The third kappa shape index (κ3) is 3.65. The van der Waals surface area contributed by atoms with Crippen LogP contribution in [0.25, 0.3) is 0 Å². The highest BCUT2D eigenvalue weighted by molar-refractivity contribution is 5.76. The molecule has 1 aliphatic heterocycles. The molecule has 9 heteroatoms. The van der Waals surface area contributed by atoms with Crippen molar-refractivity contribution in [2.24, 2.45) is 5.92 Å². The summed E-state index contributed by atoms with van der Waals surface area (Å²) in [6.45, 7) is 0.562. The maximum Gasteiger partial charge on any atom is 0.434 e. The van der Waals surface area contributed by atoms with E-state index in [9.17, 15) is 23.1 Å². The Morgan fingerprint density at radius 2 is 2.05 bits per heavy atom. The molecule has 122 valence electrons. The molecule has 1 fully saturated rings. The highest BCUT2D eigenvalue weighted by Crippen LogP contribution is 2.29. The third-order valence-corrected chi connectivity index (χ3v) is 3.59. The lowest BCUT2D eigenvalue weighted by molar-refractivity contribution is -0.141. The van der Waals surface area contributed by atoms with Crippen molar-refractivity contribution in [1.29, 1.82) is 0 Å². The summed E-state index contributed by atoms with van der Waals surface area (Å²) in [4.78, 5) is 21.8. The monoisotopic (exact) mass is 318 g/mol. The predicted octanol–water partition coefficient (Wildman–Crippen LogP) is 0.771. The first-order valence-corrected chi connectivity index (χ1v) is 6.71. The Morgan fingerprint density at radius 3 is 2.55 bits per heavy atom. The van der Waals surface area contributed by atoms with Crippen molar-refractivity contribution >= 4 is 11.7 Å². The van der Waals surface area contributed by atoms with E-state index in [1.54, 1.807) is 19.0 Å². The van der Waals surface area contributed by atoms with E-state index in [2.05, 4.69) is 9.97 Å². The van der Waals surface area contributed by atoms with E-state index in [0.717, 1.165) is 6.20 Å². The van der Waals surface area contributed by atoms with Crippen LogP contribution in [0.4, 0.5) is 19.0 Å². The fourth-order valence-corrected chi connectivity index (χ4v) is 2.28. The summed E-state index contributed by atoms with van der Waals surface area (Å²) >= 11 is 0. The number of rotatable bonds is 3. The molecule has 2 rings (SSSR count). The number of β-amino-alcohol motifs (C(OH)–C–C–N with tert-alkyl or cyclic N) is 1. The second-order valence-corrected chi connectivity index (χ2v) is 5.48. The average Bonchev–Trinajstić information content (AvgIpc) is 2.79. The summed E-state index contributed by atoms with van der Waals surface area (Å²) in [5, 5.41) is 9.99. The van der Waals surface area contributed by atoms with Gasteiger partial charge in [-0.25, -0.2) is 9.97 Å². The van der Waals surface area contributed by atoms with Crippen LogP contribution >= 0.6 is 0 Å². The molecular formula is C13H17F3N4O2. The van der Waals surface area contributed by atoms with Gasteiger partial charge in [0.05, 0.1) is 18.5 Å². The normalized spacial score (nSPS) is 22.0. The molecule has 0 aromatic carbocycles. The van der Waals surface area contributed by atoms with Gasteiger partial charge in [0.15, 0.2) is 5.69 Å². The maximum absolute atomic E-state index is 12.4. The Labute approximate surface area is 125 Å². The number of anilines is 1. The number of aliphatic hydroxyl groups excluding tert-OH is 1. The van der Waals surface area contributed by atoms with Gasteiger partial charge in [0.1, 0.15) is 5.82 Å². The molecule has 22 heavy (non-hydrogen) atoms. The van der Waals surface area contributed by atoms with Gasteiger partial charge in [0, 0.05) is 39.5 Å². The lowest BCUT2D eigenvalue weighted by Crippen LogP contribution is -2.28. The summed E-state index contributed by atoms with van der Waals surface area (Å²) in [6.07, 6.45) is -3.38. The van der Waals surface area contributed by atoms with Gasteiger partial charge in [-0.2, -0.15) is 13.2 Å². The minimum Gasteiger partial charge on any atom is -0.391 e. The number of aliphatic hydroxyl groups is 1. The molecule has 1 saturated heterocycles. The van der Waals surface area contributed by atoms with Crippen LogP contribution in [0.1, 0.15) is 12.1 Å². The summed E-state index contributed by atoms with van der Waals surface area (Å²) in [6, 6.07) is 0. The summed E-state index contributed by atoms with van der Waals surface area (Å²) in [5.74, 6) is -0.129. The second-order valence-electron chi connectivity index (χ2n) is 5.48. The van der Waals surface area contributed by atoms with Gasteiger partial charge in [-0.3, -0.25) is 4.79 Å². The molecule has 0 bridgehead atoms. The van der Waals surface area contributed by atoms with Crippen LogP contribution < -0.4 is 4.90 Å². The Hall–Kier alpha value is -1.90. The van der Waals surface area contributed by atoms with Crippen molar-refractivity contribution in [2.75, 3.05) is 32.1 Å². The summed E-state index contributed by atoms with van der Waals surface area (Å²) < 4.78 is 37.3. The van der Waals surface area contributed by atoms with Crippen LogP contribution in [0.5, 0.6) is 0 Å². The van der Waals surface area contributed by atoms with Crippen LogP contribution in [-0.4, -0.2) is 59.2 Å². The Kier molecular flexibility index (Phi) is 4.55. The molecule has 1 aromatic heterocycles. The number of hydrogen-bond acceptors (Lipinski definition) is 5. The van der Waals surface area contributed by atoms with Crippen molar-refractivity contribution in [1.82, 2.24) is 14.9 Å². The van der Waals surface area contributed by atoms with Crippen molar-refractivity contribution in [3.05, 3.63) is 18.1 Å². The molecule has 1 aliphatic rings. The molecule has 6 nitrogen and oxygen atoms in total. The Morgan fingerprint density at radius 1 is 1.36 bits per heavy atom. The van der Waals surface area contributed by atoms with Crippen molar-refractivity contribution in [3.63, 3.8) is 0 Å². The van der Waals surface area contributed by atoms with Gasteiger partial charge in [0.2, 0.25) is 5.91 Å². The molecule has 0 aliphatic carbocycles. The minimum atomic E-state index is -4.53. The maximum atomic E-state index is 12.4. The van der Waals surface area contributed by atoms with Gasteiger partial charge in [-0.1, -0.05) is 0 Å². The van der Waals surface area contributed by atoms with Crippen LogP contribution in [0.2, 0.25) is 0 Å². The molecule has 2 atom stereocenters. The third-order valence-electron chi connectivity index (χ3n) is 3.59. The molecule has 2 heterocycles. The number of carbonyl (C=O) groups excluding carboxylic acids is 1. The number of alkyl halides is 3. The SMILES string of the molecule is CN(C)C(=O)C[C@@H]1CN(c2cnc(C(F)(F)F)cn2)C[C@H]1O. The largest absolute Gasteiger partial charge is 0.434 e. The van der Waals surface area contributed by atoms with Gasteiger partial charge < -0.3 is 14.9 Å². The zero-order valence-electron chi connectivity index (χ0n) is 12.2. The van der Waals surface area contributed by atoms with Crippen LogP contribution in [0.15, 0.2) is 12.4 Å². The zero-order chi connectivity index (χ0) is 16.5. The molecule has 0 radical (unpaired) electrons. The van der Waals surface area contributed by atoms with E-state index in [4.69, 9.17) is 0 Å². The lowest BCUT2D eigenvalue weighted by Gasteiger charge is -2.18. The fraction of sp³-hybridized carbons (Fsp3) is 0.615. The molecule has 0 spiro atoms. The average molecular weight is 318 g/mol. The molecule has 1 aromatic rings. The molecule has 1 amide bonds. The fourth-order valence-electron chi connectivity index (χ4n) is 2.28. The summed E-state index contributed by atoms with van der Waals surface area (Å²) in [5.41, 5.74) is -1.06. The number of carbonyl (C=O) groups is 1. The van der Waals surface area contributed by atoms with E-state index >= 15 is 0 Å². The number of aromatic nitrogens is 2. The first-order chi connectivity index (χ1) is 10.2. The van der Waals surface area contributed by atoms with Crippen LogP contribution in [0, 0.1) is 5.92 Å². The first-order valence-electron chi connectivity index (χ1n) is 6.71. The highest BCUT2D eigenvalue weighted by atomic mass is 19.4. The number of hydrogen-bond donors (Lipinski definition) is 1. The minimum absolute atomic E-state index is 0.107. The second kappa shape index (κ2) is 6.07. The zero-order valence-corrected chi connectivity index (χ0v) is 12.2. The Balaban J connectivity index is 2.04. The molecule has 0 saturated carbocycles. The van der Waals surface area contributed by atoms with E-state index < -0.39 is 18.0 Å². The predicted molar refractivity (Wildman–Crippen MR) is 72.1 cm³/mol. The first kappa shape index (κ1) is 16.5. The van der Waals surface area contributed by atoms with Gasteiger partial charge in [-0.05, 0) is 0 Å². The Bertz CT molecular complexity index is 533. The van der Waals surface area contributed by atoms with E-state index in [1.807, 2.05) is 0 Å². The molecule has 0 unspecified atom stereocenters. The number of halogens is 3. The van der Waals surface area contributed by atoms with E-state index in [1.165, 1.54) is 4.90 Å². The van der Waals surface area contributed by atoms with Crippen molar-refractivity contribution in [3.8, 4) is 0 Å². The van der Waals surface area contributed by atoms with Gasteiger partial charge in [0.25, 0.3) is 0 Å². The van der Waals surface area contributed by atoms with E-state index in [-0.39, 0.29) is 30.6 Å². The van der Waals surface area contributed by atoms with Crippen LogP contribution in [0.3, 0.4) is 0 Å². The van der Waals surface area contributed by atoms with E-state index in [0.29, 0.717) is 12.7 Å². The number of amides is 1. The molecular weight excluding hydrogens is 301 g/mol. The van der Waals surface area contributed by atoms with Crippen molar-refractivity contribution in [2.45, 2.75) is 18.7 Å². The molecule has 1 N–H and O–H groups in total. The standard InChI is InChI=1S/C13H17F3N4O2/c1-19(2)12(22)3-8-6-20(7-9(8)21)11-5-17-10(4-18-11)13(14,15)16/h4-5,8-9,21H,3,6-7H2,1-2H3/t8-,9-/m1/s1. The van der Waals surface area contributed by atoms with Gasteiger partial charge >= 0.3 is 6.18 Å². The topological polar surface area (TPSA) is 69.6 Å². The van der Waals surface area contributed by atoms with Gasteiger partial charge in [-0.15, -0.1) is 0 Å². The van der Waals surface area contributed by atoms with Crippen LogP contribution in [-0.2, 0) is 11.0 Å².